The van der Waals surface area contributed by atoms with Gasteiger partial charge in [0.05, 0.1) is 0 Å². The van der Waals surface area contributed by atoms with Gasteiger partial charge in [-0.3, -0.25) is 0 Å². The molecule has 1 N–H and O–H groups in total. The van der Waals surface area contributed by atoms with Gasteiger partial charge in [0.25, 0.3) is 0 Å². The van der Waals surface area contributed by atoms with Crippen molar-refractivity contribution in [2.45, 2.75) is 5.92 Å². The number of rotatable bonds is 3. The molecule has 0 aliphatic heterocycles. The van der Waals surface area contributed by atoms with Crippen LogP contribution >= 0.6 is 0 Å². The zero-order valence-corrected chi connectivity index (χ0v) is 16.0. The molecule has 0 radical (unpaired) electrons. The van der Waals surface area contributed by atoms with Gasteiger partial charge in [-0.1, -0.05) is 48.5 Å². The van der Waals surface area contributed by atoms with Crippen LogP contribution in [0.3, 0.4) is 0 Å². The Morgan fingerprint density at radius 2 is 1.41 bits per heavy atom. The summed E-state index contributed by atoms with van der Waals surface area (Å²) in [5.41, 5.74) is 5.20. The van der Waals surface area contributed by atoms with E-state index in [9.17, 15) is 0 Å². The zero-order chi connectivity index (χ0) is 17.6. The Morgan fingerprint density at radius 3 is 2.07 bits per heavy atom. The first-order chi connectivity index (χ1) is 12.9. The maximum Gasteiger partial charge on any atom is 2.00 e. The van der Waals surface area contributed by atoms with Crippen LogP contribution in [0, 0.1) is 0 Å². The van der Waals surface area contributed by atoms with E-state index in [2.05, 4.69) is 90.0 Å². The molecule has 0 saturated carbocycles. The summed E-state index contributed by atoms with van der Waals surface area (Å²) < 4.78 is 0. The molecule has 5 aromatic rings. The molecule has 0 spiro atoms. The van der Waals surface area contributed by atoms with Crippen LogP contribution in [0.4, 0.5) is 0 Å². The van der Waals surface area contributed by atoms with Crippen LogP contribution in [0.1, 0.15) is 22.6 Å². The molecule has 0 aliphatic carbocycles. The average molecular weight is 391 g/mol. The number of hydrogen-bond acceptors (Lipinski definition) is 0. The van der Waals surface area contributed by atoms with Gasteiger partial charge in [0.2, 0.25) is 0 Å². The second-order valence-electron chi connectivity index (χ2n) is 6.31. The molecule has 0 aliphatic rings. The van der Waals surface area contributed by atoms with Crippen LogP contribution in [0.15, 0.2) is 115 Å². The fourth-order valence-electron chi connectivity index (χ4n) is 3.43. The molecule has 0 fully saturated rings. The Balaban J connectivity index is 0.000000306. The quantitative estimate of drug-likeness (QED) is 0.268. The predicted molar refractivity (Wildman–Crippen MR) is 110 cm³/mol. The number of fused-ring (bicyclic) bond motifs is 1. The van der Waals surface area contributed by atoms with Gasteiger partial charge in [0, 0.05) is 17.1 Å². The molecular formula is C25H21FeN. The molecular weight excluding hydrogens is 370 g/mol. The van der Waals surface area contributed by atoms with Gasteiger partial charge in [-0.15, -0.1) is 5.56 Å². The van der Waals surface area contributed by atoms with Gasteiger partial charge in [-0.05, 0) is 23.1 Å². The monoisotopic (exact) mass is 391 g/mol. The molecule has 1 aromatic heterocycles. The van der Waals surface area contributed by atoms with Crippen molar-refractivity contribution in [3.63, 3.8) is 0 Å². The summed E-state index contributed by atoms with van der Waals surface area (Å²) in [6, 6.07) is 37.8. The van der Waals surface area contributed by atoms with Crippen molar-refractivity contribution in [2.24, 2.45) is 0 Å². The third-order valence-corrected chi connectivity index (χ3v) is 4.64. The van der Waals surface area contributed by atoms with Crippen LogP contribution in [0.2, 0.25) is 0 Å². The SMILES string of the molecule is [Fe+2].c1cc[cH-]c1.c1ccc(C(c2c[nH]c3ccccc23)[c-]2cccc2)cc1. The van der Waals surface area contributed by atoms with Crippen molar-refractivity contribution >= 4 is 10.9 Å². The standard InChI is InChI=1S/C20H16N.C5H5.Fe/c1-2-8-15(9-3-1)20(16-10-4-5-11-16)18-14-21-19-13-7-6-12-17(18)19;1-2-4-5-3-1;/h1-14,20-21H;1-5H;/q2*-1;+2. The molecule has 27 heavy (non-hydrogen) atoms. The van der Waals surface area contributed by atoms with Crippen molar-refractivity contribution in [3.05, 3.63) is 132 Å². The molecule has 5 rings (SSSR count). The van der Waals surface area contributed by atoms with Crippen molar-refractivity contribution in [3.8, 4) is 0 Å². The van der Waals surface area contributed by atoms with Gasteiger partial charge in [-0.2, -0.15) is 30.3 Å². The second kappa shape index (κ2) is 9.23. The van der Waals surface area contributed by atoms with Crippen LogP contribution in [-0.2, 0) is 17.1 Å². The number of aromatic amines is 1. The second-order valence-corrected chi connectivity index (χ2v) is 6.31. The van der Waals surface area contributed by atoms with Gasteiger partial charge in [0.1, 0.15) is 0 Å². The first-order valence-electron chi connectivity index (χ1n) is 8.93. The Kier molecular flexibility index (Phi) is 6.48. The molecule has 1 unspecified atom stereocenters. The molecule has 0 saturated heterocycles. The van der Waals surface area contributed by atoms with E-state index >= 15 is 0 Å². The predicted octanol–water partition coefficient (Wildman–Crippen LogP) is 6.47. The summed E-state index contributed by atoms with van der Waals surface area (Å²) in [6.45, 7) is 0. The van der Waals surface area contributed by atoms with E-state index in [1.807, 2.05) is 30.3 Å². The first-order valence-corrected chi connectivity index (χ1v) is 8.93. The number of aromatic nitrogens is 1. The van der Waals surface area contributed by atoms with Crippen LogP contribution < -0.4 is 0 Å². The number of H-pyrrole nitrogens is 1. The Labute approximate surface area is 170 Å². The number of hydrogen-bond donors (Lipinski definition) is 1. The first kappa shape index (κ1) is 19.0. The van der Waals surface area contributed by atoms with E-state index in [0.717, 1.165) is 0 Å². The fourth-order valence-corrected chi connectivity index (χ4v) is 3.43. The van der Waals surface area contributed by atoms with Crippen molar-refractivity contribution in [1.82, 2.24) is 4.98 Å². The molecule has 1 heterocycles. The largest absolute Gasteiger partial charge is 2.00 e. The summed E-state index contributed by atoms with van der Waals surface area (Å²) in [7, 11) is 0. The minimum atomic E-state index is 0. The van der Waals surface area contributed by atoms with E-state index in [1.54, 1.807) is 0 Å². The summed E-state index contributed by atoms with van der Waals surface area (Å²) in [5, 5.41) is 1.30. The van der Waals surface area contributed by atoms with Gasteiger partial charge >= 0.3 is 17.1 Å². The zero-order valence-electron chi connectivity index (χ0n) is 14.9. The van der Waals surface area contributed by atoms with Gasteiger partial charge in [0.15, 0.2) is 0 Å². The Bertz CT molecular complexity index is 1010. The summed E-state index contributed by atoms with van der Waals surface area (Å²) >= 11 is 0. The summed E-state index contributed by atoms with van der Waals surface area (Å²) in [6.07, 6.45) is 2.15. The third-order valence-electron chi connectivity index (χ3n) is 4.64. The van der Waals surface area contributed by atoms with E-state index < -0.39 is 0 Å². The fraction of sp³-hybridized carbons (Fsp3) is 0.0400. The molecule has 0 bridgehead atoms. The Hall–Kier alpha value is -2.80. The van der Waals surface area contributed by atoms with Gasteiger partial charge in [-0.25, -0.2) is 24.3 Å². The van der Waals surface area contributed by atoms with Gasteiger partial charge < -0.3 is 4.98 Å². The maximum absolute atomic E-state index is 3.40. The normalized spacial score (nSPS) is 11.3. The molecule has 134 valence electrons. The molecule has 1 atom stereocenters. The smallest absolute Gasteiger partial charge is 0.361 e. The van der Waals surface area contributed by atoms with Crippen molar-refractivity contribution < 1.29 is 17.1 Å². The number of nitrogens with one attached hydrogen (secondary N) is 1. The molecule has 0 amide bonds. The minimum Gasteiger partial charge on any atom is -0.361 e. The third kappa shape index (κ3) is 4.31. The van der Waals surface area contributed by atoms with E-state index in [1.165, 1.54) is 27.6 Å². The van der Waals surface area contributed by atoms with E-state index in [-0.39, 0.29) is 23.0 Å². The van der Waals surface area contributed by atoms with Crippen LogP contribution in [0.25, 0.3) is 10.9 Å². The van der Waals surface area contributed by atoms with Crippen LogP contribution in [0.5, 0.6) is 0 Å². The van der Waals surface area contributed by atoms with Crippen molar-refractivity contribution in [2.75, 3.05) is 0 Å². The number of para-hydroxylation sites is 1. The summed E-state index contributed by atoms with van der Waals surface area (Å²) in [5.74, 6) is 0.275. The molecule has 2 heteroatoms. The maximum atomic E-state index is 3.40. The van der Waals surface area contributed by atoms with Crippen molar-refractivity contribution in [1.29, 1.82) is 0 Å². The molecule has 4 aromatic carbocycles. The molecule has 1 nitrogen and oxygen atoms in total. The summed E-state index contributed by atoms with van der Waals surface area (Å²) in [4.78, 5) is 3.40. The van der Waals surface area contributed by atoms with E-state index in [0.29, 0.717) is 0 Å². The van der Waals surface area contributed by atoms with Crippen LogP contribution in [-0.4, -0.2) is 4.98 Å². The Morgan fingerprint density at radius 1 is 0.741 bits per heavy atom. The topological polar surface area (TPSA) is 15.8 Å². The number of benzene rings is 2. The minimum absolute atomic E-state index is 0. The average Bonchev–Trinajstić information content (AvgIpc) is 3.47. The van der Waals surface area contributed by atoms with E-state index in [4.69, 9.17) is 0 Å².